The standard InChI is InChI=1S/C11H13N3O2/c1-4-16-11(15)10(5-12)8(2)9-6-13-14(3)7-9/h6-7H,4H2,1-3H3/b10-8+. The van der Waals surface area contributed by atoms with Crippen LogP contribution in [0.4, 0.5) is 0 Å². The summed E-state index contributed by atoms with van der Waals surface area (Å²) in [5, 5.41) is 12.9. The number of hydrogen-bond acceptors (Lipinski definition) is 4. The molecule has 0 N–H and O–H groups in total. The van der Waals surface area contributed by atoms with Crippen LogP contribution in [0.5, 0.6) is 0 Å². The molecule has 0 unspecified atom stereocenters. The molecule has 1 aromatic rings. The molecule has 1 rings (SSSR count). The number of aromatic nitrogens is 2. The second-order valence-electron chi connectivity index (χ2n) is 3.23. The largest absolute Gasteiger partial charge is 0.462 e. The minimum absolute atomic E-state index is 0.0230. The molecule has 1 heterocycles. The molecule has 0 radical (unpaired) electrons. The molecule has 0 atom stereocenters. The van der Waals surface area contributed by atoms with Crippen LogP contribution in [0, 0.1) is 11.3 Å². The predicted molar refractivity (Wildman–Crippen MR) is 58.0 cm³/mol. The summed E-state index contributed by atoms with van der Waals surface area (Å²) in [5.74, 6) is -0.591. The van der Waals surface area contributed by atoms with Crippen LogP contribution in [0.25, 0.3) is 5.57 Å². The average Bonchev–Trinajstić information content (AvgIpc) is 2.66. The van der Waals surface area contributed by atoms with E-state index in [1.54, 1.807) is 38.0 Å². The smallest absolute Gasteiger partial charge is 0.349 e. The van der Waals surface area contributed by atoms with Gasteiger partial charge in [-0.3, -0.25) is 4.68 Å². The second-order valence-corrected chi connectivity index (χ2v) is 3.23. The Bertz CT molecular complexity index is 466. The molecule has 0 fully saturated rings. The zero-order valence-electron chi connectivity index (χ0n) is 9.52. The van der Waals surface area contributed by atoms with Crippen LogP contribution >= 0.6 is 0 Å². The SMILES string of the molecule is CCOC(=O)/C(C#N)=C(\C)c1cnn(C)c1. The third kappa shape index (κ3) is 2.48. The number of carbonyl (C=O) groups excluding carboxylic acids is 1. The lowest BCUT2D eigenvalue weighted by molar-refractivity contribution is -0.137. The molecule has 5 heteroatoms. The molecule has 0 spiro atoms. The van der Waals surface area contributed by atoms with Gasteiger partial charge in [-0.15, -0.1) is 0 Å². The topological polar surface area (TPSA) is 67.9 Å². The van der Waals surface area contributed by atoms with Crippen molar-refractivity contribution < 1.29 is 9.53 Å². The zero-order valence-corrected chi connectivity index (χ0v) is 9.52. The lowest BCUT2D eigenvalue weighted by atomic mass is 10.1. The number of carbonyl (C=O) groups is 1. The van der Waals surface area contributed by atoms with Crippen LogP contribution < -0.4 is 0 Å². The number of allylic oxidation sites excluding steroid dienone is 1. The van der Waals surface area contributed by atoms with Gasteiger partial charge in [0.25, 0.3) is 0 Å². The fourth-order valence-electron chi connectivity index (χ4n) is 1.25. The van der Waals surface area contributed by atoms with Crippen molar-refractivity contribution in [3.05, 3.63) is 23.5 Å². The monoisotopic (exact) mass is 219 g/mol. The van der Waals surface area contributed by atoms with Crippen molar-refractivity contribution in [3.63, 3.8) is 0 Å². The van der Waals surface area contributed by atoms with E-state index in [2.05, 4.69) is 5.10 Å². The first-order chi connectivity index (χ1) is 7.60. The molecule has 5 nitrogen and oxygen atoms in total. The highest BCUT2D eigenvalue weighted by atomic mass is 16.5. The molecular formula is C11H13N3O2. The maximum absolute atomic E-state index is 11.5. The molecule has 0 amide bonds. The molecule has 0 aliphatic rings. The lowest BCUT2D eigenvalue weighted by Crippen LogP contribution is -2.07. The molecule has 0 saturated carbocycles. The van der Waals surface area contributed by atoms with E-state index in [0.29, 0.717) is 5.57 Å². The van der Waals surface area contributed by atoms with E-state index < -0.39 is 5.97 Å². The Balaban J connectivity index is 3.10. The summed E-state index contributed by atoms with van der Waals surface area (Å²) < 4.78 is 6.41. The normalized spacial score (nSPS) is 11.6. The van der Waals surface area contributed by atoms with Crippen LogP contribution in [0.15, 0.2) is 18.0 Å². The number of hydrogen-bond donors (Lipinski definition) is 0. The van der Waals surface area contributed by atoms with Gasteiger partial charge in [0.1, 0.15) is 11.6 Å². The summed E-state index contributed by atoms with van der Waals surface area (Å²) in [6.07, 6.45) is 3.35. The van der Waals surface area contributed by atoms with Gasteiger partial charge >= 0.3 is 5.97 Å². The molecule has 0 saturated heterocycles. The Morgan fingerprint density at radius 3 is 2.81 bits per heavy atom. The lowest BCUT2D eigenvalue weighted by Gasteiger charge is -2.02. The Kier molecular flexibility index (Phi) is 3.84. The summed E-state index contributed by atoms with van der Waals surface area (Å²) in [4.78, 5) is 11.5. The van der Waals surface area contributed by atoms with Crippen molar-refractivity contribution in [3.8, 4) is 6.07 Å². The molecule has 0 bridgehead atoms. The molecule has 84 valence electrons. The van der Waals surface area contributed by atoms with E-state index in [4.69, 9.17) is 10.00 Å². The zero-order chi connectivity index (χ0) is 12.1. The third-order valence-electron chi connectivity index (χ3n) is 2.10. The van der Waals surface area contributed by atoms with Gasteiger partial charge in [0, 0.05) is 18.8 Å². The van der Waals surface area contributed by atoms with Gasteiger partial charge in [0.2, 0.25) is 0 Å². The maximum Gasteiger partial charge on any atom is 0.349 e. The van der Waals surface area contributed by atoms with Gasteiger partial charge in [-0.1, -0.05) is 0 Å². The Labute approximate surface area is 93.9 Å². The highest BCUT2D eigenvalue weighted by Crippen LogP contribution is 2.17. The summed E-state index contributed by atoms with van der Waals surface area (Å²) in [7, 11) is 1.77. The van der Waals surface area contributed by atoms with E-state index in [1.807, 2.05) is 6.07 Å². The molecule has 16 heavy (non-hydrogen) atoms. The predicted octanol–water partition coefficient (Wildman–Crippen LogP) is 1.28. The van der Waals surface area contributed by atoms with Gasteiger partial charge in [-0.25, -0.2) is 4.79 Å². The summed E-state index contributed by atoms with van der Waals surface area (Å²) in [5.41, 5.74) is 1.34. The summed E-state index contributed by atoms with van der Waals surface area (Å²) in [6.45, 7) is 3.66. The van der Waals surface area contributed by atoms with Crippen molar-refractivity contribution in [1.29, 1.82) is 5.26 Å². The van der Waals surface area contributed by atoms with Gasteiger partial charge in [-0.05, 0) is 19.4 Å². The molecular weight excluding hydrogens is 206 g/mol. The molecule has 0 aliphatic carbocycles. The van der Waals surface area contributed by atoms with Gasteiger partial charge in [0.05, 0.1) is 12.8 Å². The van der Waals surface area contributed by atoms with Gasteiger partial charge in [0.15, 0.2) is 0 Å². The van der Waals surface area contributed by atoms with Crippen LogP contribution in [0.2, 0.25) is 0 Å². The summed E-state index contributed by atoms with van der Waals surface area (Å²) >= 11 is 0. The van der Waals surface area contributed by atoms with Crippen molar-refractivity contribution in [2.45, 2.75) is 13.8 Å². The van der Waals surface area contributed by atoms with E-state index in [1.165, 1.54) is 0 Å². The second kappa shape index (κ2) is 5.12. The van der Waals surface area contributed by atoms with Crippen molar-refractivity contribution in [1.82, 2.24) is 9.78 Å². The first kappa shape index (κ1) is 12.0. The number of ether oxygens (including phenoxy) is 1. The van der Waals surface area contributed by atoms with Gasteiger partial charge in [-0.2, -0.15) is 10.4 Å². The van der Waals surface area contributed by atoms with Crippen molar-refractivity contribution >= 4 is 11.5 Å². The summed E-state index contributed by atoms with van der Waals surface area (Å²) in [6, 6.07) is 1.86. The number of aryl methyl sites for hydroxylation is 1. The first-order valence-electron chi connectivity index (χ1n) is 4.87. The van der Waals surface area contributed by atoms with Crippen LogP contribution in [-0.2, 0) is 16.6 Å². The molecule has 1 aromatic heterocycles. The van der Waals surface area contributed by atoms with Crippen LogP contribution in [-0.4, -0.2) is 22.4 Å². The van der Waals surface area contributed by atoms with Crippen LogP contribution in [0.1, 0.15) is 19.4 Å². The van der Waals surface area contributed by atoms with Crippen LogP contribution in [0.3, 0.4) is 0 Å². The Morgan fingerprint density at radius 2 is 2.38 bits per heavy atom. The van der Waals surface area contributed by atoms with E-state index in [9.17, 15) is 4.79 Å². The van der Waals surface area contributed by atoms with Crippen molar-refractivity contribution in [2.75, 3.05) is 6.61 Å². The van der Waals surface area contributed by atoms with E-state index in [-0.39, 0.29) is 12.2 Å². The molecule has 0 aromatic carbocycles. The molecule has 0 aliphatic heterocycles. The Hall–Kier alpha value is -2.09. The fourth-order valence-corrected chi connectivity index (χ4v) is 1.25. The quantitative estimate of drug-likeness (QED) is 0.436. The number of rotatable bonds is 3. The van der Waals surface area contributed by atoms with Gasteiger partial charge < -0.3 is 4.74 Å². The highest BCUT2D eigenvalue weighted by molar-refractivity contribution is 6.01. The van der Waals surface area contributed by atoms with E-state index in [0.717, 1.165) is 5.56 Å². The fraction of sp³-hybridized carbons (Fsp3) is 0.364. The minimum Gasteiger partial charge on any atom is -0.462 e. The number of nitriles is 1. The maximum atomic E-state index is 11.5. The Morgan fingerprint density at radius 1 is 1.69 bits per heavy atom. The number of nitrogens with zero attached hydrogens (tertiary/aromatic N) is 3. The highest BCUT2D eigenvalue weighted by Gasteiger charge is 2.15. The number of esters is 1. The average molecular weight is 219 g/mol. The minimum atomic E-state index is -0.591. The van der Waals surface area contributed by atoms with E-state index >= 15 is 0 Å². The third-order valence-corrected chi connectivity index (χ3v) is 2.10. The van der Waals surface area contributed by atoms with Crippen molar-refractivity contribution in [2.24, 2.45) is 7.05 Å². The first-order valence-corrected chi connectivity index (χ1v) is 4.87.